The molecule has 1 unspecified atom stereocenters. The van der Waals surface area contributed by atoms with Crippen LogP contribution < -0.4 is 10.6 Å². The molecule has 1 aliphatic carbocycles. The maximum absolute atomic E-state index is 12.1. The number of aliphatic imine (C=N–C) groups is 1. The predicted octanol–water partition coefficient (Wildman–Crippen LogP) is 4.37. The van der Waals surface area contributed by atoms with Crippen molar-refractivity contribution in [3.05, 3.63) is 33.5 Å². The first kappa shape index (κ1) is 25.6. The zero-order chi connectivity index (χ0) is 21.5. The first-order valence-electron chi connectivity index (χ1n) is 10.7. The molecule has 0 radical (unpaired) electrons. The smallest absolute Gasteiger partial charge is 0.350 e. The highest BCUT2D eigenvalue weighted by Crippen LogP contribution is 2.28. The van der Waals surface area contributed by atoms with Crippen LogP contribution in [-0.4, -0.2) is 39.8 Å². The van der Waals surface area contributed by atoms with E-state index in [4.69, 9.17) is 9.84 Å². The lowest BCUT2D eigenvalue weighted by molar-refractivity contribution is 0.0531. The number of guanidine groups is 1. The van der Waals surface area contributed by atoms with Crippen LogP contribution in [0.25, 0.3) is 0 Å². The Bertz CT molecular complexity index is 875. The molecule has 0 spiro atoms. The van der Waals surface area contributed by atoms with Gasteiger partial charge in [0.1, 0.15) is 9.88 Å². The summed E-state index contributed by atoms with van der Waals surface area (Å²) in [4.78, 5) is 21.9. The zero-order valence-electron chi connectivity index (χ0n) is 18.7. The van der Waals surface area contributed by atoms with Crippen LogP contribution in [0.1, 0.15) is 84.6 Å². The van der Waals surface area contributed by atoms with Crippen LogP contribution in [0.15, 0.2) is 17.3 Å². The molecule has 0 saturated heterocycles. The highest BCUT2D eigenvalue weighted by Gasteiger charge is 2.20. The lowest BCUT2D eigenvalue weighted by atomic mass is 10.3. The summed E-state index contributed by atoms with van der Waals surface area (Å²) in [6.45, 7) is 9.28. The summed E-state index contributed by atoms with van der Waals surface area (Å²) in [6, 6.07) is 2.49. The van der Waals surface area contributed by atoms with Crippen LogP contribution >= 0.6 is 35.3 Å². The fourth-order valence-corrected chi connectivity index (χ4v) is 4.53. The summed E-state index contributed by atoms with van der Waals surface area (Å²) in [7, 11) is 0. The lowest BCUT2D eigenvalue weighted by Gasteiger charge is -2.15. The van der Waals surface area contributed by atoms with Crippen molar-refractivity contribution in [1.29, 1.82) is 0 Å². The van der Waals surface area contributed by atoms with Gasteiger partial charge in [-0.1, -0.05) is 12.8 Å². The van der Waals surface area contributed by atoms with Crippen LogP contribution in [0.3, 0.4) is 0 Å². The van der Waals surface area contributed by atoms with E-state index in [2.05, 4.69) is 31.5 Å². The van der Waals surface area contributed by atoms with E-state index in [1.165, 1.54) is 37.0 Å². The van der Waals surface area contributed by atoms with Gasteiger partial charge in [0, 0.05) is 12.7 Å². The van der Waals surface area contributed by atoms with Crippen molar-refractivity contribution in [3.63, 3.8) is 0 Å². The van der Waals surface area contributed by atoms with Crippen LogP contribution in [0, 0.1) is 6.92 Å². The third kappa shape index (κ3) is 6.90. The molecule has 0 aliphatic heterocycles. The normalized spacial score (nSPS) is 15.4. The first-order chi connectivity index (χ1) is 14.5. The Balaban J connectivity index is 0.00000341. The number of carbonyl (C=O) groups excluding carboxylic acids is 1. The molecule has 2 heterocycles. The van der Waals surface area contributed by atoms with Gasteiger partial charge in [-0.3, -0.25) is 4.68 Å². The Morgan fingerprint density at radius 2 is 2.13 bits per heavy atom. The van der Waals surface area contributed by atoms with Crippen LogP contribution in [0.2, 0.25) is 0 Å². The maximum atomic E-state index is 12.1. The Labute approximate surface area is 205 Å². The number of hydrogen-bond donors (Lipinski definition) is 2. The Kier molecular flexibility index (Phi) is 10.2. The number of ether oxygens (including phenoxy) is 1. The maximum Gasteiger partial charge on any atom is 0.350 e. The first-order valence-corrected chi connectivity index (χ1v) is 11.6. The molecule has 1 atom stereocenters. The molecule has 0 amide bonds. The summed E-state index contributed by atoms with van der Waals surface area (Å²) >= 11 is 1.36. The summed E-state index contributed by atoms with van der Waals surface area (Å²) < 4.78 is 7.21. The van der Waals surface area contributed by atoms with E-state index in [1.54, 1.807) is 6.92 Å². The minimum atomic E-state index is -0.315. The van der Waals surface area contributed by atoms with Crippen molar-refractivity contribution >= 4 is 47.2 Å². The van der Waals surface area contributed by atoms with Crippen molar-refractivity contribution in [2.24, 2.45) is 4.99 Å². The van der Waals surface area contributed by atoms with E-state index in [0.717, 1.165) is 17.2 Å². The molecule has 3 rings (SSSR count). The zero-order valence-corrected chi connectivity index (χ0v) is 21.8. The van der Waals surface area contributed by atoms with E-state index in [0.29, 0.717) is 35.7 Å². The van der Waals surface area contributed by atoms with E-state index in [9.17, 15) is 4.79 Å². The van der Waals surface area contributed by atoms with Gasteiger partial charge in [-0.2, -0.15) is 5.10 Å². The average molecular weight is 561 g/mol. The molecular weight excluding hydrogens is 527 g/mol. The second-order valence-electron chi connectivity index (χ2n) is 7.47. The second-order valence-corrected chi connectivity index (χ2v) is 8.50. The standard InChI is InChI=1S/C21H32N6O2S.HI/c1-5-22-21(23-13-16-11-12-27(26-16)17-9-7-8-10-17)25-15(4)19-24-14(3)18(30-19)20(28)29-6-2;/h11-12,15,17H,5-10,13H2,1-4H3,(H2,22,23,25);1H. The molecule has 0 bridgehead atoms. The van der Waals surface area contributed by atoms with Crippen molar-refractivity contribution in [3.8, 4) is 0 Å². The number of esters is 1. The predicted molar refractivity (Wildman–Crippen MR) is 134 cm³/mol. The second kappa shape index (κ2) is 12.4. The molecule has 0 aromatic carbocycles. The fourth-order valence-electron chi connectivity index (χ4n) is 3.57. The van der Waals surface area contributed by atoms with Crippen molar-refractivity contribution in [1.82, 2.24) is 25.4 Å². The largest absolute Gasteiger partial charge is 0.462 e. The summed E-state index contributed by atoms with van der Waals surface area (Å²) in [5.74, 6) is 0.385. The number of thiazole rings is 1. The molecule has 172 valence electrons. The number of nitrogens with zero attached hydrogens (tertiary/aromatic N) is 4. The van der Waals surface area contributed by atoms with Crippen LogP contribution in [0.4, 0.5) is 0 Å². The summed E-state index contributed by atoms with van der Waals surface area (Å²) in [5, 5.41) is 12.2. The molecule has 2 N–H and O–H groups in total. The number of aryl methyl sites for hydroxylation is 1. The van der Waals surface area contributed by atoms with E-state index < -0.39 is 0 Å². The Morgan fingerprint density at radius 3 is 2.81 bits per heavy atom. The molecule has 2 aromatic rings. The SMILES string of the molecule is CCNC(=NCc1ccn(C2CCCC2)n1)NC(C)c1nc(C)c(C(=O)OCC)s1.I. The third-order valence-corrected chi connectivity index (χ3v) is 6.42. The molecule has 1 aliphatic rings. The number of aromatic nitrogens is 3. The minimum absolute atomic E-state index is 0. The summed E-state index contributed by atoms with van der Waals surface area (Å²) in [6.07, 6.45) is 7.08. The number of rotatable bonds is 8. The quantitative estimate of drug-likeness (QED) is 0.216. The number of halogens is 1. The molecule has 10 heteroatoms. The van der Waals surface area contributed by atoms with E-state index in [-0.39, 0.29) is 36.0 Å². The fraction of sp³-hybridized carbons (Fsp3) is 0.619. The van der Waals surface area contributed by atoms with E-state index in [1.807, 2.05) is 26.8 Å². The highest BCUT2D eigenvalue weighted by atomic mass is 127. The molecule has 1 fully saturated rings. The van der Waals surface area contributed by atoms with Gasteiger partial charge >= 0.3 is 5.97 Å². The van der Waals surface area contributed by atoms with Crippen LogP contribution in [-0.2, 0) is 11.3 Å². The molecule has 1 saturated carbocycles. The number of nitrogens with one attached hydrogen (secondary N) is 2. The molecule has 31 heavy (non-hydrogen) atoms. The van der Waals surface area contributed by atoms with Gasteiger partial charge in [-0.05, 0) is 46.6 Å². The van der Waals surface area contributed by atoms with Crippen molar-refractivity contribution in [2.75, 3.05) is 13.2 Å². The van der Waals surface area contributed by atoms with Crippen molar-refractivity contribution < 1.29 is 9.53 Å². The minimum Gasteiger partial charge on any atom is -0.462 e. The number of carbonyl (C=O) groups is 1. The van der Waals surface area contributed by atoms with Gasteiger partial charge in [0.2, 0.25) is 0 Å². The molecule has 8 nitrogen and oxygen atoms in total. The van der Waals surface area contributed by atoms with Gasteiger partial charge in [0.05, 0.1) is 36.6 Å². The van der Waals surface area contributed by atoms with E-state index >= 15 is 0 Å². The van der Waals surface area contributed by atoms with Gasteiger partial charge in [0.15, 0.2) is 5.96 Å². The topological polar surface area (TPSA) is 93.4 Å². The average Bonchev–Trinajstić information content (AvgIpc) is 3.46. The van der Waals surface area contributed by atoms with Crippen LogP contribution in [0.5, 0.6) is 0 Å². The molecular formula is C21H33IN6O2S. The lowest BCUT2D eigenvalue weighted by Crippen LogP contribution is -2.38. The van der Waals surface area contributed by atoms with Gasteiger partial charge < -0.3 is 15.4 Å². The van der Waals surface area contributed by atoms with Gasteiger partial charge in [-0.15, -0.1) is 35.3 Å². The third-order valence-electron chi connectivity index (χ3n) is 5.10. The van der Waals surface area contributed by atoms with Crippen molar-refractivity contribution in [2.45, 2.75) is 72.0 Å². The number of hydrogen-bond acceptors (Lipinski definition) is 6. The van der Waals surface area contributed by atoms with Gasteiger partial charge in [-0.25, -0.2) is 14.8 Å². The monoisotopic (exact) mass is 560 g/mol. The Morgan fingerprint density at radius 1 is 1.39 bits per heavy atom. The highest BCUT2D eigenvalue weighted by molar-refractivity contribution is 14.0. The van der Waals surface area contributed by atoms with Gasteiger partial charge in [0.25, 0.3) is 0 Å². The summed E-state index contributed by atoms with van der Waals surface area (Å²) in [5.41, 5.74) is 1.66. The Hall–Kier alpha value is -1.69. The molecule has 2 aromatic heterocycles.